The summed E-state index contributed by atoms with van der Waals surface area (Å²) in [4.78, 5) is 25.4. The number of thioether (sulfide) groups is 1. The highest BCUT2D eigenvalue weighted by Gasteiger charge is 2.35. The highest BCUT2D eigenvalue weighted by atomic mass is 35.5. The van der Waals surface area contributed by atoms with Crippen LogP contribution in [0.5, 0.6) is 0 Å². The molecule has 0 aromatic heterocycles. The van der Waals surface area contributed by atoms with Gasteiger partial charge in [-0.1, -0.05) is 23.7 Å². The summed E-state index contributed by atoms with van der Waals surface area (Å²) in [5.74, 6) is 0.409. The highest BCUT2D eigenvalue weighted by molar-refractivity contribution is 7.98. The van der Waals surface area contributed by atoms with Gasteiger partial charge >= 0.3 is 0 Å². The summed E-state index contributed by atoms with van der Waals surface area (Å²) in [6.45, 7) is 0. The normalized spacial score (nSPS) is 25.5. The lowest BCUT2D eigenvalue weighted by Gasteiger charge is -2.31. The van der Waals surface area contributed by atoms with E-state index >= 15 is 0 Å². The Kier molecular flexibility index (Phi) is 6.84. The number of fused-ring (bicyclic) bond motifs is 2. The fourth-order valence-corrected chi connectivity index (χ4v) is 4.56. The van der Waals surface area contributed by atoms with E-state index in [-0.39, 0.29) is 17.9 Å². The topological polar surface area (TPSA) is 70.2 Å². The molecule has 3 atom stereocenters. The van der Waals surface area contributed by atoms with Crippen molar-refractivity contribution >= 4 is 35.2 Å². The van der Waals surface area contributed by atoms with Crippen molar-refractivity contribution in [1.82, 2.24) is 16.0 Å². The molecule has 5 nitrogen and oxygen atoms in total. The van der Waals surface area contributed by atoms with Crippen molar-refractivity contribution in [2.45, 2.75) is 56.3 Å². The van der Waals surface area contributed by atoms with Crippen molar-refractivity contribution in [3.8, 4) is 0 Å². The molecule has 3 rings (SSSR count). The van der Waals surface area contributed by atoms with Crippen molar-refractivity contribution < 1.29 is 9.59 Å². The van der Waals surface area contributed by atoms with Crippen LogP contribution in [0.15, 0.2) is 24.3 Å². The molecule has 0 saturated carbocycles. The van der Waals surface area contributed by atoms with E-state index in [0.29, 0.717) is 29.1 Å². The summed E-state index contributed by atoms with van der Waals surface area (Å²) in [6.07, 6.45) is 6.91. The summed E-state index contributed by atoms with van der Waals surface area (Å²) >= 11 is 7.77. The number of carbonyl (C=O) groups is 2. The second-order valence-corrected chi connectivity index (χ2v) is 8.49. The maximum absolute atomic E-state index is 12.8. The largest absolute Gasteiger partial charge is 0.351 e. The molecule has 3 N–H and O–H groups in total. The molecule has 1 aromatic carbocycles. The van der Waals surface area contributed by atoms with Gasteiger partial charge in [-0.05, 0) is 56.2 Å². The summed E-state index contributed by atoms with van der Waals surface area (Å²) < 4.78 is 0. The molecule has 2 saturated heterocycles. The molecule has 3 unspecified atom stereocenters. The first-order chi connectivity index (χ1) is 12.6. The molecular formula is C19H26ClN3O2S. The summed E-state index contributed by atoms with van der Waals surface area (Å²) in [7, 11) is 0. The van der Waals surface area contributed by atoms with E-state index in [1.54, 1.807) is 36.0 Å². The Bertz CT molecular complexity index is 645. The zero-order valence-electron chi connectivity index (χ0n) is 15.0. The third kappa shape index (κ3) is 4.93. The molecule has 2 aliphatic rings. The van der Waals surface area contributed by atoms with Gasteiger partial charge in [-0.15, -0.1) is 0 Å². The minimum atomic E-state index is -0.543. The van der Waals surface area contributed by atoms with E-state index in [2.05, 4.69) is 16.0 Å². The quantitative estimate of drug-likeness (QED) is 0.663. The predicted octanol–water partition coefficient (Wildman–Crippen LogP) is 2.59. The Morgan fingerprint density at radius 1 is 1.27 bits per heavy atom. The number of piperidine rings is 1. The van der Waals surface area contributed by atoms with Gasteiger partial charge in [-0.3, -0.25) is 9.59 Å². The smallest absolute Gasteiger partial charge is 0.253 e. The Morgan fingerprint density at radius 2 is 1.96 bits per heavy atom. The van der Waals surface area contributed by atoms with Gasteiger partial charge in [0.05, 0.1) is 10.6 Å². The number of benzene rings is 1. The van der Waals surface area contributed by atoms with Gasteiger partial charge in [-0.2, -0.15) is 11.8 Å². The van der Waals surface area contributed by atoms with Gasteiger partial charge in [0.1, 0.15) is 6.04 Å². The number of amides is 2. The van der Waals surface area contributed by atoms with E-state index in [1.807, 2.05) is 6.26 Å². The van der Waals surface area contributed by atoms with E-state index in [0.717, 1.165) is 18.6 Å². The fourth-order valence-electron chi connectivity index (χ4n) is 3.86. The molecule has 26 heavy (non-hydrogen) atoms. The summed E-state index contributed by atoms with van der Waals surface area (Å²) in [6, 6.07) is 7.58. The van der Waals surface area contributed by atoms with E-state index in [9.17, 15) is 9.59 Å². The number of halogens is 1. The molecule has 2 aliphatic heterocycles. The van der Waals surface area contributed by atoms with Crippen molar-refractivity contribution in [2.75, 3.05) is 12.0 Å². The maximum Gasteiger partial charge on any atom is 0.253 e. The monoisotopic (exact) mass is 395 g/mol. The first-order valence-corrected chi connectivity index (χ1v) is 10.9. The lowest BCUT2D eigenvalue weighted by molar-refractivity contribution is -0.124. The zero-order chi connectivity index (χ0) is 18.5. The summed E-state index contributed by atoms with van der Waals surface area (Å²) in [5, 5.41) is 10.0. The van der Waals surface area contributed by atoms with Gasteiger partial charge in [0.2, 0.25) is 5.91 Å². The molecule has 0 aliphatic carbocycles. The zero-order valence-corrected chi connectivity index (χ0v) is 16.5. The van der Waals surface area contributed by atoms with Crippen LogP contribution in [0.25, 0.3) is 0 Å². The minimum Gasteiger partial charge on any atom is -0.351 e. The SMILES string of the molecule is CSCCC(NC(=O)c1ccccc1Cl)C(=O)NC1CC2CCC(C1)N2. The van der Waals surface area contributed by atoms with Crippen LogP contribution in [-0.4, -0.2) is 48.0 Å². The molecule has 2 amide bonds. The lowest BCUT2D eigenvalue weighted by Crippen LogP contribution is -2.53. The van der Waals surface area contributed by atoms with Crippen LogP contribution >= 0.6 is 23.4 Å². The average molecular weight is 396 g/mol. The number of hydrogen-bond acceptors (Lipinski definition) is 4. The summed E-state index contributed by atoms with van der Waals surface area (Å²) in [5.41, 5.74) is 0.399. The van der Waals surface area contributed by atoms with Crippen LogP contribution in [-0.2, 0) is 4.79 Å². The van der Waals surface area contributed by atoms with E-state index in [1.165, 1.54) is 12.8 Å². The van der Waals surface area contributed by atoms with Gasteiger partial charge in [0, 0.05) is 18.1 Å². The number of carbonyl (C=O) groups excluding carboxylic acids is 2. The van der Waals surface area contributed by atoms with Crippen LogP contribution in [0, 0.1) is 0 Å². The average Bonchev–Trinajstić information content (AvgIpc) is 2.97. The lowest BCUT2D eigenvalue weighted by atomic mass is 9.99. The van der Waals surface area contributed by atoms with E-state index in [4.69, 9.17) is 11.6 Å². The standard InChI is InChI=1S/C19H26ClN3O2S/c1-26-9-8-17(23-18(24)15-4-2-3-5-16(15)20)19(25)22-14-10-12-6-7-13(11-14)21-12/h2-5,12-14,17,21H,6-11H2,1H3,(H,22,25)(H,23,24). The van der Waals surface area contributed by atoms with Crippen molar-refractivity contribution in [3.63, 3.8) is 0 Å². The van der Waals surface area contributed by atoms with Crippen molar-refractivity contribution in [3.05, 3.63) is 34.9 Å². The van der Waals surface area contributed by atoms with Crippen molar-refractivity contribution in [2.24, 2.45) is 0 Å². The van der Waals surface area contributed by atoms with Gasteiger partial charge < -0.3 is 16.0 Å². The molecule has 142 valence electrons. The maximum atomic E-state index is 12.8. The molecule has 2 fully saturated rings. The van der Waals surface area contributed by atoms with Crippen molar-refractivity contribution in [1.29, 1.82) is 0 Å². The number of rotatable bonds is 7. The van der Waals surface area contributed by atoms with Crippen LogP contribution in [0.1, 0.15) is 42.5 Å². The molecule has 0 spiro atoms. The van der Waals surface area contributed by atoms with Crippen LogP contribution in [0.2, 0.25) is 5.02 Å². The molecule has 2 heterocycles. The van der Waals surface area contributed by atoms with Crippen LogP contribution in [0.3, 0.4) is 0 Å². The fraction of sp³-hybridized carbons (Fsp3) is 0.579. The molecule has 2 bridgehead atoms. The Morgan fingerprint density at radius 3 is 2.62 bits per heavy atom. The second-order valence-electron chi connectivity index (χ2n) is 7.10. The molecular weight excluding hydrogens is 370 g/mol. The predicted molar refractivity (Wildman–Crippen MR) is 107 cm³/mol. The molecule has 1 aromatic rings. The van der Waals surface area contributed by atoms with Gasteiger partial charge in [0.15, 0.2) is 0 Å². The Hall–Kier alpha value is -1.24. The minimum absolute atomic E-state index is 0.0919. The third-order valence-electron chi connectivity index (χ3n) is 5.17. The van der Waals surface area contributed by atoms with Gasteiger partial charge in [-0.25, -0.2) is 0 Å². The van der Waals surface area contributed by atoms with Gasteiger partial charge in [0.25, 0.3) is 5.91 Å². The highest BCUT2D eigenvalue weighted by Crippen LogP contribution is 2.26. The van der Waals surface area contributed by atoms with Crippen LogP contribution < -0.4 is 16.0 Å². The first-order valence-electron chi connectivity index (χ1n) is 9.17. The molecule has 7 heteroatoms. The first kappa shape index (κ1) is 19.5. The second kappa shape index (κ2) is 9.11. The molecule has 0 radical (unpaired) electrons. The number of hydrogen-bond donors (Lipinski definition) is 3. The van der Waals surface area contributed by atoms with E-state index < -0.39 is 6.04 Å². The Balaban J connectivity index is 1.62. The van der Waals surface area contributed by atoms with Crippen LogP contribution in [0.4, 0.5) is 0 Å². The third-order valence-corrected chi connectivity index (χ3v) is 6.14. The number of nitrogens with one attached hydrogen (secondary N) is 3. The Labute approximate surface area is 164 Å².